The molecule has 2 aromatic rings. The summed E-state index contributed by atoms with van der Waals surface area (Å²) < 4.78 is 0. The first-order valence-corrected chi connectivity index (χ1v) is 11.4. The van der Waals surface area contributed by atoms with E-state index in [9.17, 15) is 4.79 Å². The molecular formula is C20H30N6OS. The van der Waals surface area contributed by atoms with Crippen molar-refractivity contribution in [3.63, 3.8) is 0 Å². The van der Waals surface area contributed by atoms with Gasteiger partial charge in [-0.05, 0) is 31.5 Å². The molecule has 2 fully saturated rings. The van der Waals surface area contributed by atoms with Gasteiger partial charge in [-0.25, -0.2) is 4.98 Å². The zero-order valence-corrected chi connectivity index (χ0v) is 17.2. The van der Waals surface area contributed by atoms with E-state index in [2.05, 4.69) is 20.9 Å². The van der Waals surface area contributed by atoms with E-state index in [4.69, 9.17) is 10.7 Å². The van der Waals surface area contributed by atoms with Gasteiger partial charge in [0, 0.05) is 38.5 Å². The molecule has 0 spiro atoms. The SMILES string of the molecule is NC(CCCCN1CCN(c2nc3ccccc3[nH]2)CC1)C(=O)N1CCSC1. The summed E-state index contributed by atoms with van der Waals surface area (Å²) >= 11 is 1.81. The number of anilines is 1. The van der Waals surface area contributed by atoms with Crippen LogP contribution in [0.1, 0.15) is 19.3 Å². The number of thioether (sulfide) groups is 1. The van der Waals surface area contributed by atoms with Crippen LogP contribution >= 0.6 is 11.8 Å². The van der Waals surface area contributed by atoms with Gasteiger partial charge in [0.2, 0.25) is 11.9 Å². The second-order valence-corrected chi connectivity index (χ2v) is 8.72. The van der Waals surface area contributed by atoms with Crippen LogP contribution in [-0.4, -0.2) is 82.6 Å². The summed E-state index contributed by atoms with van der Waals surface area (Å²) in [5.74, 6) is 2.95. The van der Waals surface area contributed by atoms with E-state index in [0.717, 1.165) is 87.1 Å². The van der Waals surface area contributed by atoms with E-state index < -0.39 is 0 Å². The number of carbonyl (C=O) groups is 1. The number of para-hydroxylation sites is 2. The van der Waals surface area contributed by atoms with Crippen molar-refractivity contribution in [2.75, 3.05) is 55.8 Å². The largest absolute Gasteiger partial charge is 0.340 e. The van der Waals surface area contributed by atoms with Gasteiger partial charge < -0.3 is 20.5 Å². The van der Waals surface area contributed by atoms with Crippen LogP contribution in [0.4, 0.5) is 5.95 Å². The number of nitrogens with one attached hydrogen (secondary N) is 1. The highest BCUT2D eigenvalue weighted by Crippen LogP contribution is 2.19. The Morgan fingerprint density at radius 2 is 2.00 bits per heavy atom. The van der Waals surface area contributed by atoms with Crippen LogP contribution in [-0.2, 0) is 4.79 Å². The van der Waals surface area contributed by atoms with Crippen molar-refractivity contribution in [1.82, 2.24) is 19.8 Å². The van der Waals surface area contributed by atoms with Crippen molar-refractivity contribution >= 4 is 34.7 Å². The van der Waals surface area contributed by atoms with Gasteiger partial charge in [-0.3, -0.25) is 9.69 Å². The van der Waals surface area contributed by atoms with Gasteiger partial charge in [0.15, 0.2) is 0 Å². The number of fused-ring (bicyclic) bond motifs is 1. The fourth-order valence-corrected chi connectivity index (χ4v) is 4.87. The Balaban J connectivity index is 1.15. The molecule has 0 aliphatic carbocycles. The fraction of sp³-hybridized carbons (Fsp3) is 0.600. The Bertz CT molecular complexity index is 749. The number of benzene rings is 1. The van der Waals surface area contributed by atoms with Crippen LogP contribution < -0.4 is 10.6 Å². The van der Waals surface area contributed by atoms with Crippen LogP contribution in [0.15, 0.2) is 24.3 Å². The molecule has 1 amide bonds. The minimum atomic E-state index is -0.330. The van der Waals surface area contributed by atoms with Gasteiger partial charge in [-0.2, -0.15) is 0 Å². The maximum atomic E-state index is 12.2. The third-order valence-electron chi connectivity index (χ3n) is 5.67. The summed E-state index contributed by atoms with van der Waals surface area (Å²) in [5, 5.41) is 0. The van der Waals surface area contributed by atoms with Gasteiger partial charge in [0.25, 0.3) is 0 Å². The summed E-state index contributed by atoms with van der Waals surface area (Å²) in [6.45, 7) is 6.01. The molecule has 152 valence electrons. The van der Waals surface area contributed by atoms with E-state index in [1.807, 2.05) is 23.1 Å². The molecule has 3 heterocycles. The smallest absolute Gasteiger partial charge is 0.240 e. The third-order valence-corrected chi connectivity index (χ3v) is 6.64. The van der Waals surface area contributed by atoms with Crippen molar-refractivity contribution in [3.05, 3.63) is 24.3 Å². The van der Waals surface area contributed by atoms with Gasteiger partial charge in [0.05, 0.1) is 23.0 Å². The van der Waals surface area contributed by atoms with Crippen molar-refractivity contribution in [3.8, 4) is 0 Å². The van der Waals surface area contributed by atoms with Crippen molar-refractivity contribution in [1.29, 1.82) is 0 Å². The first-order valence-electron chi connectivity index (χ1n) is 10.2. The number of imidazole rings is 1. The molecule has 2 saturated heterocycles. The molecule has 8 heteroatoms. The van der Waals surface area contributed by atoms with Crippen LogP contribution in [0.25, 0.3) is 11.0 Å². The molecule has 1 atom stereocenters. The van der Waals surface area contributed by atoms with Crippen molar-refractivity contribution in [2.45, 2.75) is 25.3 Å². The van der Waals surface area contributed by atoms with Gasteiger partial charge in [0.1, 0.15) is 0 Å². The lowest BCUT2D eigenvalue weighted by Crippen LogP contribution is -2.47. The van der Waals surface area contributed by atoms with E-state index in [-0.39, 0.29) is 11.9 Å². The highest BCUT2D eigenvalue weighted by molar-refractivity contribution is 7.99. The van der Waals surface area contributed by atoms with Gasteiger partial charge in [-0.15, -0.1) is 11.8 Å². The average Bonchev–Trinajstić information content (AvgIpc) is 3.40. The molecular weight excluding hydrogens is 372 g/mol. The molecule has 4 rings (SSSR count). The Morgan fingerprint density at radius 3 is 2.75 bits per heavy atom. The van der Waals surface area contributed by atoms with Crippen LogP contribution in [0.2, 0.25) is 0 Å². The average molecular weight is 403 g/mol. The summed E-state index contributed by atoms with van der Waals surface area (Å²) in [6.07, 6.45) is 2.90. The molecule has 2 aliphatic rings. The van der Waals surface area contributed by atoms with Crippen LogP contribution in [0, 0.1) is 0 Å². The molecule has 2 aliphatic heterocycles. The zero-order valence-electron chi connectivity index (χ0n) is 16.3. The summed E-state index contributed by atoms with van der Waals surface area (Å²) in [7, 11) is 0. The lowest BCUT2D eigenvalue weighted by Gasteiger charge is -2.34. The monoisotopic (exact) mass is 402 g/mol. The molecule has 1 aromatic carbocycles. The second kappa shape index (κ2) is 9.15. The van der Waals surface area contributed by atoms with Crippen LogP contribution in [0.3, 0.4) is 0 Å². The minimum Gasteiger partial charge on any atom is -0.340 e. The molecule has 7 nitrogen and oxygen atoms in total. The number of H-pyrrole nitrogens is 1. The maximum Gasteiger partial charge on any atom is 0.240 e. The Kier molecular flexibility index (Phi) is 6.39. The number of nitrogens with two attached hydrogens (primary N) is 1. The van der Waals surface area contributed by atoms with Gasteiger partial charge >= 0.3 is 0 Å². The molecule has 1 aromatic heterocycles. The number of aromatic nitrogens is 2. The maximum absolute atomic E-state index is 12.2. The summed E-state index contributed by atoms with van der Waals surface area (Å²) in [5.41, 5.74) is 8.22. The predicted molar refractivity (Wildman–Crippen MR) is 116 cm³/mol. The summed E-state index contributed by atoms with van der Waals surface area (Å²) in [4.78, 5) is 27.1. The quantitative estimate of drug-likeness (QED) is 0.687. The zero-order chi connectivity index (χ0) is 19.3. The van der Waals surface area contributed by atoms with E-state index in [1.54, 1.807) is 11.8 Å². The van der Waals surface area contributed by atoms with Crippen LogP contribution in [0.5, 0.6) is 0 Å². The number of nitrogens with zero attached hydrogens (tertiary/aromatic N) is 4. The highest BCUT2D eigenvalue weighted by atomic mass is 32.2. The minimum absolute atomic E-state index is 0.129. The molecule has 28 heavy (non-hydrogen) atoms. The lowest BCUT2D eigenvalue weighted by atomic mass is 10.1. The lowest BCUT2D eigenvalue weighted by molar-refractivity contribution is -0.131. The number of rotatable bonds is 7. The number of aromatic amines is 1. The number of hydrogen-bond donors (Lipinski definition) is 2. The Labute approximate surface area is 170 Å². The van der Waals surface area contributed by atoms with Gasteiger partial charge in [-0.1, -0.05) is 18.6 Å². The third kappa shape index (κ3) is 4.61. The molecule has 0 saturated carbocycles. The first kappa shape index (κ1) is 19.5. The highest BCUT2D eigenvalue weighted by Gasteiger charge is 2.24. The van der Waals surface area contributed by atoms with E-state index >= 15 is 0 Å². The second-order valence-electron chi connectivity index (χ2n) is 7.65. The molecule has 0 radical (unpaired) electrons. The number of hydrogen-bond acceptors (Lipinski definition) is 6. The molecule has 0 bridgehead atoms. The summed E-state index contributed by atoms with van der Waals surface area (Å²) in [6, 6.07) is 7.84. The first-order chi connectivity index (χ1) is 13.7. The Morgan fingerprint density at radius 1 is 1.18 bits per heavy atom. The molecule has 3 N–H and O–H groups in total. The molecule has 1 unspecified atom stereocenters. The Hall–Kier alpha value is -1.77. The predicted octanol–water partition coefficient (Wildman–Crippen LogP) is 1.72. The number of piperazine rings is 1. The standard InChI is InChI=1S/C20H30N6OS/c21-16(19(27)26-13-14-28-15-26)5-3-4-8-24-9-11-25(12-10-24)20-22-17-6-1-2-7-18(17)23-20/h1-2,6-7,16H,3-5,8-15,21H2,(H,22,23). The van der Waals surface area contributed by atoms with E-state index in [1.165, 1.54) is 0 Å². The topological polar surface area (TPSA) is 81.5 Å². The normalized spacial score (nSPS) is 19.5. The van der Waals surface area contributed by atoms with Crippen molar-refractivity contribution in [2.24, 2.45) is 5.73 Å². The number of carbonyl (C=O) groups excluding carboxylic acids is 1. The fourth-order valence-electron chi connectivity index (χ4n) is 3.92. The van der Waals surface area contributed by atoms with Crippen molar-refractivity contribution < 1.29 is 4.79 Å². The number of amides is 1. The number of unbranched alkanes of at least 4 members (excludes halogenated alkanes) is 1. The van der Waals surface area contributed by atoms with E-state index in [0.29, 0.717) is 0 Å².